The second kappa shape index (κ2) is 13.9. The predicted octanol–water partition coefficient (Wildman–Crippen LogP) is 1.93. The van der Waals surface area contributed by atoms with Gasteiger partial charge in [0, 0.05) is 23.2 Å². The number of carbonyl (C=O) groups excluding carboxylic acids is 1. The van der Waals surface area contributed by atoms with E-state index in [1.165, 1.54) is 21.8 Å². The number of carbonyl (C=O) groups is 2. The van der Waals surface area contributed by atoms with E-state index >= 15 is 0 Å². The van der Waals surface area contributed by atoms with Crippen molar-refractivity contribution in [1.82, 2.24) is 19.9 Å². The molecule has 1 aromatic carbocycles. The van der Waals surface area contributed by atoms with Crippen LogP contribution in [-0.4, -0.2) is 51.6 Å². The Bertz CT molecular complexity index is 1590. The maximum atomic E-state index is 14.5. The Labute approximate surface area is 241 Å². The number of aromatic nitrogens is 2. The molecule has 3 heterocycles. The SMILES string of the molecule is CC.Cc1cc2c(CN(N)/C=C(\N)COCNC(=O)CN)c3c(nc2cc1F)-c1cc(C)c(COC(=O)O)c(=O)n1C3. The molecule has 4 rings (SSSR count). The normalized spacial score (nSPS) is 11.8. The van der Waals surface area contributed by atoms with Gasteiger partial charge in [0.15, 0.2) is 0 Å². The van der Waals surface area contributed by atoms with E-state index in [1.54, 1.807) is 26.0 Å². The molecule has 1 aliphatic heterocycles. The summed E-state index contributed by atoms with van der Waals surface area (Å²) in [6.07, 6.45) is -0.0132. The molecule has 1 aliphatic rings. The number of nitrogens with zero attached hydrogens (tertiary/aromatic N) is 3. The maximum Gasteiger partial charge on any atom is 0.506 e. The molecule has 0 unspecified atom stereocenters. The van der Waals surface area contributed by atoms with Crippen molar-refractivity contribution in [3.05, 3.63) is 74.1 Å². The first-order valence-electron chi connectivity index (χ1n) is 13.2. The van der Waals surface area contributed by atoms with E-state index in [9.17, 15) is 18.8 Å². The molecule has 14 heteroatoms. The van der Waals surface area contributed by atoms with Gasteiger partial charge in [0.1, 0.15) is 19.2 Å². The van der Waals surface area contributed by atoms with Crippen LogP contribution in [0.15, 0.2) is 34.9 Å². The predicted molar refractivity (Wildman–Crippen MR) is 154 cm³/mol. The molecular weight excluding hydrogens is 549 g/mol. The van der Waals surface area contributed by atoms with Crippen LogP contribution in [0, 0.1) is 19.7 Å². The number of hydrogen-bond acceptors (Lipinski definition) is 10. The minimum absolute atomic E-state index is 0.0145. The van der Waals surface area contributed by atoms with Gasteiger partial charge < -0.3 is 40.9 Å². The van der Waals surface area contributed by atoms with E-state index < -0.39 is 17.5 Å². The summed E-state index contributed by atoms with van der Waals surface area (Å²) in [5.74, 6) is 5.49. The number of amides is 1. The van der Waals surface area contributed by atoms with Crippen molar-refractivity contribution in [3.8, 4) is 11.4 Å². The van der Waals surface area contributed by atoms with Crippen molar-refractivity contribution in [1.29, 1.82) is 0 Å². The number of nitrogens with two attached hydrogens (primary N) is 3. The van der Waals surface area contributed by atoms with E-state index in [0.717, 1.165) is 11.1 Å². The highest BCUT2D eigenvalue weighted by Gasteiger charge is 2.28. The van der Waals surface area contributed by atoms with E-state index in [4.69, 9.17) is 32.1 Å². The van der Waals surface area contributed by atoms with Crippen molar-refractivity contribution < 1.29 is 28.6 Å². The topological polar surface area (TPSA) is 201 Å². The van der Waals surface area contributed by atoms with Crippen molar-refractivity contribution in [2.24, 2.45) is 17.3 Å². The summed E-state index contributed by atoms with van der Waals surface area (Å²) in [6.45, 7) is 6.97. The van der Waals surface area contributed by atoms with Crippen LogP contribution in [0.1, 0.15) is 41.7 Å². The van der Waals surface area contributed by atoms with Crippen LogP contribution in [0.3, 0.4) is 0 Å². The van der Waals surface area contributed by atoms with Crippen LogP contribution in [0.25, 0.3) is 22.3 Å². The molecule has 226 valence electrons. The fourth-order valence-electron chi connectivity index (χ4n) is 4.54. The number of carboxylic acid groups (broad SMARTS) is 1. The largest absolute Gasteiger partial charge is 0.506 e. The smallest absolute Gasteiger partial charge is 0.450 e. The zero-order valence-electron chi connectivity index (χ0n) is 24.0. The van der Waals surface area contributed by atoms with Gasteiger partial charge in [-0.3, -0.25) is 9.59 Å². The average Bonchev–Trinajstić information content (AvgIpc) is 3.31. The number of fused-ring (bicyclic) bond motifs is 4. The van der Waals surface area contributed by atoms with Crippen molar-refractivity contribution in [2.45, 2.75) is 47.4 Å². The van der Waals surface area contributed by atoms with Crippen LogP contribution in [0.5, 0.6) is 0 Å². The Morgan fingerprint density at radius 3 is 2.60 bits per heavy atom. The summed E-state index contributed by atoms with van der Waals surface area (Å²) in [5, 5.41) is 13.3. The summed E-state index contributed by atoms with van der Waals surface area (Å²) >= 11 is 0. The third-order valence-electron chi connectivity index (χ3n) is 6.50. The number of hydrogen-bond donors (Lipinski definition) is 5. The summed E-state index contributed by atoms with van der Waals surface area (Å²) < 4.78 is 26.0. The van der Waals surface area contributed by atoms with Gasteiger partial charge in [0.2, 0.25) is 5.91 Å². The van der Waals surface area contributed by atoms with Gasteiger partial charge in [0.05, 0.1) is 54.4 Å². The number of aryl methyl sites for hydroxylation is 2. The molecule has 0 saturated heterocycles. The van der Waals surface area contributed by atoms with Gasteiger partial charge in [-0.1, -0.05) is 13.8 Å². The lowest BCUT2D eigenvalue weighted by Gasteiger charge is -2.19. The molecule has 0 fully saturated rings. The van der Waals surface area contributed by atoms with Gasteiger partial charge in [0.25, 0.3) is 5.56 Å². The molecule has 42 heavy (non-hydrogen) atoms. The van der Waals surface area contributed by atoms with E-state index in [-0.39, 0.29) is 56.7 Å². The highest BCUT2D eigenvalue weighted by Crippen LogP contribution is 2.37. The van der Waals surface area contributed by atoms with Gasteiger partial charge >= 0.3 is 6.16 Å². The zero-order valence-corrected chi connectivity index (χ0v) is 24.0. The zero-order chi connectivity index (χ0) is 31.1. The molecule has 0 radical (unpaired) electrons. The minimum Gasteiger partial charge on any atom is -0.450 e. The van der Waals surface area contributed by atoms with Crippen molar-refractivity contribution in [3.63, 3.8) is 0 Å². The third kappa shape index (κ3) is 7.02. The highest BCUT2D eigenvalue weighted by atomic mass is 19.1. The number of pyridine rings is 2. The highest BCUT2D eigenvalue weighted by molar-refractivity contribution is 5.88. The molecule has 0 bridgehead atoms. The summed E-state index contributed by atoms with van der Waals surface area (Å²) in [6, 6.07) is 4.76. The lowest BCUT2D eigenvalue weighted by atomic mass is 9.98. The third-order valence-corrected chi connectivity index (χ3v) is 6.50. The number of rotatable bonds is 10. The second-order valence-electron chi connectivity index (χ2n) is 9.35. The van der Waals surface area contributed by atoms with Crippen LogP contribution < -0.4 is 28.2 Å². The summed E-state index contributed by atoms with van der Waals surface area (Å²) in [7, 11) is 0. The number of nitrogens with one attached hydrogen (secondary N) is 1. The molecule has 2 aromatic heterocycles. The lowest BCUT2D eigenvalue weighted by Crippen LogP contribution is -2.33. The molecule has 0 aliphatic carbocycles. The van der Waals surface area contributed by atoms with Crippen LogP contribution in [0.2, 0.25) is 0 Å². The van der Waals surface area contributed by atoms with Gasteiger partial charge in [-0.15, -0.1) is 0 Å². The summed E-state index contributed by atoms with van der Waals surface area (Å²) in [4.78, 5) is 40.1. The number of hydrazine groups is 1. The number of ether oxygens (including phenoxy) is 2. The van der Waals surface area contributed by atoms with E-state index in [1.807, 2.05) is 13.8 Å². The van der Waals surface area contributed by atoms with Gasteiger partial charge in [-0.2, -0.15) is 0 Å². The Balaban J connectivity index is 0.00000237. The number of benzene rings is 1. The first-order chi connectivity index (χ1) is 20.0. The minimum atomic E-state index is -1.48. The fraction of sp³-hybridized carbons (Fsp3) is 0.357. The lowest BCUT2D eigenvalue weighted by molar-refractivity contribution is -0.121. The maximum absolute atomic E-state index is 14.5. The molecular formula is C28H36FN7O6. The molecule has 0 spiro atoms. The Morgan fingerprint density at radius 1 is 1.21 bits per heavy atom. The molecule has 3 aromatic rings. The van der Waals surface area contributed by atoms with Crippen molar-refractivity contribution >= 4 is 23.0 Å². The van der Waals surface area contributed by atoms with E-state index in [0.29, 0.717) is 33.4 Å². The molecule has 8 N–H and O–H groups in total. The Kier molecular flexibility index (Phi) is 10.6. The quantitative estimate of drug-likeness (QED) is 0.0598. The fourth-order valence-corrected chi connectivity index (χ4v) is 4.54. The van der Waals surface area contributed by atoms with Gasteiger partial charge in [-0.05, 0) is 42.7 Å². The first kappa shape index (κ1) is 32.0. The van der Waals surface area contributed by atoms with Crippen LogP contribution >= 0.6 is 0 Å². The second-order valence-corrected chi connectivity index (χ2v) is 9.35. The molecule has 1 amide bonds. The van der Waals surface area contributed by atoms with Crippen LogP contribution in [-0.2, 0) is 34.0 Å². The monoisotopic (exact) mass is 585 g/mol. The molecule has 0 saturated carbocycles. The van der Waals surface area contributed by atoms with E-state index in [2.05, 4.69) is 10.1 Å². The van der Waals surface area contributed by atoms with Crippen LogP contribution in [0.4, 0.5) is 9.18 Å². The Morgan fingerprint density at radius 2 is 1.93 bits per heavy atom. The summed E-state index contributed by atoms with van der Waals surface area (Å²) in [5.41, 5.74) is 15.2. The Hall–Kier alpha value is -4.53. The number of halogens is 1. The standard InChI is InChI=1S/C26H30FN7O6.C2H6/c1-13-4-22-24-18(9-34(22)25(36)19(13)11-40-26(37)38)17(16-3-14(2)20(27)5-21(16)32-24)8-33(30)7-15(29)10-39-12-31-23(35)6-28;1-2/h3-5,7H,6,8-12,28-30H2,1-2H3,(H,31,35)(H,37,38);1-2H3/b15-7-;. The molecule has 13 nitrogen and oxygen atoms in total. The van der Waals surface area contributed by atoms with Crippen molar-refractivity contribution in [2.75, 3.05) is 19.9 Å². The average molecular weight is 586 g/mol. The molecule has 0 atom stereocenters. The van der Waals surface area contributed by atoms with Gasteiger partial charge in [-0.25, -0.2) is 20.0 Å². The first-order valence-corrected chi connectivity index (χ1v) is 13.2.